The van der Waals surface area contributed by atoms with Crippen LogP contribution in [0.3, 0.4) is 0 Å². The van der Waals surface area contributed by atoms with Crippen LogP contribution in [-0.4, -0.2) is 15.8 Å². The number of hydrogen-bond acceptors (Lipinski definition) is 1. The summed E-state index contributed by atoms with van der Waals surface area (Å²) in [6.07, 6.45) is 3.23. The van der Waals surface area contributed by atoms with E-state index in [2.05, 4.69) is 12.1 Å². The zero-order chi connectivity index (χ0) is 40.2. The number of aryl methyl sites for hydroxylation is 1. The summed E-state index contributed by atoms with van der Waals surface area (Å²) < 4.78 is 50.2. The van der Waals surface area contributed by atoms with Gasteiger partial charge in [0.05, 0.1) is 16.9 Å². The first kappa shape index (κ1) is 30.2. The molecule has 0 aliphatic carbocycles. The molecule has 0 N–H and O–H groups in total. The second-order valence-electron chi connectivity index (χ2n) is 13.1. The van der Waals surface area contributed by atoms with E-state index in [0.29, 0.717) is 17.0 Å². The molecule has 6 rings (SSSR count). The Kier molecular flexibility index (Phi) is 10.5. The third-order valence-corrected chi connectivity index (χ3v) is 7.80. The van der Waals surface area contributed by atoms with Gasteiger partial charge in [0, 0.05) is 13.9 Å². The number of aromatic nitrogens is 2. The summed E-state index contributed by atoms with van der Waals surface area (Å²) in [5, 5.41) is 9.27. The van der Waals surface area contributed by atoms with Crippen molar-refractivity contribution in [3.63, 3.8) is 0 Å². The normalized spacial score (nSPS) is 14.4. The molecule has 5 aromatic carbocycles. The minimum absolute atomic E-state index is 0. The van der Waals surface area contributed by atoms with E-state index in [1.807, 2.05) is 149 Å². The van der Waals surface area contributed by atoms with Crippen LogP contribution in [-0.2, 0) is 26.5 Å². The van der Waals surface area contributed by atoms with E-state index in [-0.39, 0.29) is 25.7 Å². The molecular weight excluding hydrogens is 787 g/mol. The maximum absolute atomic E-state index is 9.27. The Morgan fingerprint density at radius 3 is 2.30 bits per heavy atom. The molecule has 0 saturated heterocycles. The van der Waals surface area contributed by atoms with Crippen LogP contribution >= 0.6 is 0 Å². The van der Waals surface area contributed by atoms with Crippen LogP contribution in [0.4, 0.5) is 0 Å². The van der Waals surface area contributed by atoms with Crippen molar-refractivity contribution >= 4 is 28.4 Å². The molecule has 0 unspecified atom stereocenters. The third-order valence-electron chi connectivity index (χ3n) is 7.80. The molecule has 1 heterocycles. The van der Waals surface area contributed by atoms with Gasteiger partial charge < -0.3 is 9.98 Å². The first-order chi connectivity index (χ1) is 25.8. The number of hydrogen-bond donors (Lipinski definition) is 0. The number of imidazole rings is 1. The van der Waals surface area contributed by atoms with Crippen molar-refractivity contribution in [3.8, 4) is 17.1 Å². The van der Waals surface area contributed by atoms with E-state index in [9.17, 15) is 5.41 Å². The molecule has 0 aliphatic heterocycles. The average Bonchev–Trinajstić information content (AvgIpc) is 3.54. The van der Waals surface area contributed by atoms with Gasteiger partial charge in [-0.3, -0.25) is 4.98 Å². The fraction of sp³-hybridized carbons (Fsp3) is 0.217. The summed E-state index contributed by atoms with van der Waals surface area (Å²) in [6, 6.07) is 42.0. The van der Waals surface area contributed by atoms with Gasteiger partial charge in [-0.05, 0) is 58.1 Å². The summed E-state index contributed by atoms with van der Waals surface area (Å²) in [5.74, 6) is -0.131. The third kappa shape index (κ3) is 9.75. The Morgan fingerprint density at radius 2 is 1.66 bits per heavy atom. The summed E-state index contributed by atoms with van der Waals surface area (Å²) in [6.45, 7) is 9.25. The molecule has 0 radical (unpaired) electrons. The van der Waals surface area contributed by atoms with Crippen molar-refractivity contribution in [2.45, 2.75) is 60.7 Å². The molecule has 0 fully saturated rings. The Morgan fingerprint density at radius 1 is 0.940 bits per heavy atom. The summed E-state index contributed by atoms with van der Waals surface area (Å²) >= 11 is 0. The summed E-state index contributed by atoms with van der Waals surface area (Å²) in [7, 11) is 0. The van der Waals surface area contributed by atoms with Crippen LogP contribution < -0.4 is 0 Å². The topological polar surface area (TPSA) is 40.1 Å². The molecule has 0 bridgehead atoms. The van der Waals surface area contributed by atoms with E-state index in [4.69, 9.17) is 13.2 Å². The number of allylic oxidation sites excluding steroid dienone is 4. The zero-order valence-electron chi connectivity index (χ0n) is 35.4. The van der Waals surface area contributed by atoms with Gasteiger partial charge in [-0.25, -0.2) is 0 Å². The van der Waals surface area contributed by atoms with Crippen molar-refractivity contribution in [1.29, 1.82) is 0 Å². The van der Waals surface area contributed by atoms with Gasteiger partial charge in [-0.1, -0.05) is 115 Å². The smallest absolute Gasteiger partial charge is 0.811 e. The van der Waals surface area contributed by atoms with E-state index < -0.39 is 24.5 Å². The largest absolute Gasteiger partial charge is 3.00 e. The average molecular weight is 839 g/mol. The SMILES string of the molecule is [2H]C([2H])([2H])c1c[c-]c(-c2nc3ccccc3n2-c2ccccc2C([2H])(C)C)cc1.[2H]C([2H])(c1ccc(C(/C=C(\C)c2[c-]cccc2)=C/C=[N-])cc1)C(C)(C)C.[Ir+3]. The second-order valence-corrected chi connectivity index (χ2v) is 13.1. The van der Waals surface area contributed by atoms with Crippen molar-refractivity contribution in [2.75, 3.05) is 0 Å². The van der Waals surface area contributed by atoms with E-state index in [1.54, 1.807) is 18.2 Å². The molecule has 1 aromatic heterocycles. The fourth-order valence-electron chi connectivity index (χ4n) is 5.54. The molecule has 50 heavy (non-hydrogen) atoms. The molecule has 0 atom stereocenters. The Hall–Kier alpha value is -4.63. The van der Waals surface area contributed by atoms with Gasteiger partial charge >= 0.3 is 20.1 Å². The van der Waals surface area contributed by atoms with E-state index in [0.717, 1.165) is 50.8 Å². The fourth-order valence-corrected chi connectivity index (χ4v) is 5.54. The van der Waals surface area contributed by atoms with Crippen molar-refractivity contribution in [1.82, 2.24) is 9.55 Å². The predicted octanol–water partition coefficient (Wildman–Crippen LogP) is 12.1. The van der Waals surface area contributed by atoms with Gasteiger partial charge in [-0.2, -0.15) is 6.21 Å². The quantitative estimate of drug-likeness (QED) is 0.0855. The first-order valence-electron chi connectivity index (χ1n) is 19.4. The minimum Gasteiger partial charge on any atom is -0.811 e. The van der Waals surface area contributed by atoms with Crippen LogP contribution in [0.5, 0.6) is 0 Å². The molecule has 0 spiro atoms. The van der Waals surface area contributed by atoms with Crippen LogP contribution in [0.25, 0.3) is 44.7 Å². The van der Waals surface area contributed by atoms with Gasteiger partial charge in [0.25, 0.3) is 0 Å². The zero-order valence-corrected chi connectivity index (χ0v) is 31.8. The molecule has 4 heteroatoms. The van der Waals surface area contributed by atoms with E-state index >= 15 is 0 Å². The predicted molar refractivity (Wildman–Crippen MR) is 210 cm³/mol. The molecule has 0 amide bonds. The number of rotatable bonds is 8. The van der Waals surface area contributed by atoms with Crippen LogP contribution in [0, 0.1) is 24.4 Å². The first-order valence-corrected chi connectivity index (χ1v) is 16.4. The van der Waals surface area contributed by atoms with Crippen LogP contribution in [0.1, 0.15) is 83.5 Å². The number of nitrogens with zero attached hydrogens (tertiary/aromatic N) is 3. The molecule has 0 aliphatic rings. The van der Waals surface area contributed by atoms with Crippen molar-refractivity contribution in [2.24, 2.45) is 5.41 Å². The molecule has 3 nitrogen and oxygen atoms in total. The Labute approximate surface area is 321 Å². The molecular formula is C46H46IrN3. The van der Waals surface area contributed by atoms with E-state index in [1.165, 1.54) is 6.07 Å². The standard InChI is InChI=1S/C23H21N2.C23H25N.Ir/c1-16(2)19-8-4-6-10-21(19)25-22-11-7-5-9-20(22)24-23(25)18-14-12-17(3)13-15-18;1-18(20-8-6-5-7-9-20)16-22(14-15-24)21-12-10-19(11-13-21)17-23(2,3)4;/h4-14,16H,1-3H3;5-8,10-16H,17H2,1-4H3;/q-1;-2;+3/b;18-16+,22-14+;/i3D3,16D;17D2;. The second kappa shape index (κ2) is 17.3. The summed E-state index contributed by atoms with van der Waals surface area (Å²) in [5.41, 5.74) is 8.41. The Bertz CT molecular complexity index is 2310. The minimum atomic E-state index is -2.17. The maximum Gasteiger partial charge on any atom is 3.00 e. The van der Waals surface area contributed by atoms with Gasteiger partial charge in [0.1, 0.15) is 0 Å². The number of benzene rings is 5. The number of para-hydroxylation sites is 3. The maximum atomic E-state index is 9.27. The van der Waals surface area contributed by atoms with Gasteiger partial charge in [0.15, 0.2) is 0 Å². The van der Waals surface area contributed by atoms with Crippen molar-refractivity contribution < 1.29 is 28.3 Å². The molecule has 6 aromatic rings. The molecule has 0 saturated carbocycles. The number of fused-ring (bicyclic) bond motifs is 1. The molecule has 254 valence electrons. The van der Waals surface area contributed by atoms with Crippen molar-refractivity contribution in [3.05, 3.63) is 173 Å². The monoisotopic (exact) mass is 839 g/mol. The summed E-state index contributed by atoms with van der Waals surface area (Å²) in [4.78, 5) is 4.80. The van der Waals surface area contributed by atoms with Gasteiger partial charge in [0.2, 0.25) is 0 Å². The van der Waals surface area contributed by atoms with Gasteiger partial charge in [-0.15, -0.1) is 76.9 Å². The van der Waals surface area contributed by atoms with Crippen LogP contribution in [0.2, 0.25) is 0 Å². The Balaban J connectivity index is 0.000000246. The van der Waals surface area contributed by atoms with Crippen LogP contribution in [0.15, 0.2) is 127 Å².